The lowest BCUT2D eigenvalue weighted by molar-refractivity contribution is -0.143. The van der Waals surface area contributed by atoms with Crippen LogP contribution in [0.25, 0.3) is 0 Å². The van der Waals surface area contributed by atoms with Gasteiger partial charge in [0.25, 0.3) is 0 Å². The number of hydrogen-bond donors (Lipinski definition) is 2. The Labute approximate surface area is 304 Å². The van der Waals surface area contributed by atoms with E-state index >= 15 is 0 Å². The van der Waals surface area contributed by atoms with Gasteiger partial charge in [-0.1, -0.05) is 143 Å². The van der Waals surface area contributed by atoms with E-state index in [1.165, 1.54) is 89.9 Å². The van der Waals surface area contributed by atoms with Crippen LogP contribution in [-0.4, -0.2) is 58.0 Å². The van der Waals surface area contributed by atoms with Gasteiger partial charge in [-0.3, -0.25) is 14.4 Å². The predicted molar refractivity (Wildman–Crippen MR) is 207 cm³/mol. The van der Waals surface area contributed by atoms with E-state index in [2.05, 4.69) is 36.4 Å². The number of esters is 1. The van der Waals surface area contributed by atoms with E-state index in [1.54, 1.807) is 24.3 Å². The minimum absolute atomic E-state index is 0.0142. The number of thioether (sulfide) groups is 1. The van der Waals surface area contributed by atoms with E-state index in [1.807, 2.05) is 10.8 Å². The van der Waals surface area contributed by atoms with Crippen molar-refractivity contribution in [2.45, 2.75) is 187 Å². The monoisotopic (exact) mass is 707 g/mol. The molecule has 1 aromatic heterocycles. The van der Waals surface area contributed by atoms with Crippen molar-refractivity contribution in [3.63, 3.8) is 0 Å². The number of imidazole rings is 1. The number of carbonyl (C=O) groups excluding carboxylic acids is 3. The summed E-state index contributed by atoms with van der Waals surface area (Å²) in [6.07, 6.45) is 32.3. The Morgan fingerprint density at radius 3 is 1.82 bits per heavy atom. The minimum atomic E-state index is -0.589. The van der Waals surface area contributed by atoms with Gasteiger partial charge in [-0.15, -0.1) is 0 Å². The Balaban J connectivity index is 2.48. The van der Waals surface area contributed by atoms with Crippen molar-refractivity contribution < 1.29 is 19.1 Å². The Morgan fingerprint density at radius 2 is 1.24 bits per heavy atom. The van der Waals surface area contributed by atoms with Gasteiger partial charge in [0.1, 0.15) is 6.04 Å². The molecule has 8 nitrogen and oxygen atoms in total. The fraction of sp³-hybridized carbons (Fsp3) is 0.850. The van der Waals surface area contributed by atoms with Crippen LogP contribution >= 0.6 is 11.8 Å². The molecule has 0 bridgehead atoms. The van der Waals surface area contributed by atoms with Crippen molar-refractivity contribution in [2.24, 2.45) is 5.92 Å². The molecular formula is C40H74N4O4S. The fourth-order valence-electron chi connectivity index (χ4n) is 6.11. The number of unbranched alkanes of at least 4 members (excludes halogenated alkanes) is 17. The third kappa shape index (κ3) is 26.4. The fourth-order valence-corrected chi connectivity index (χ4v) is 7.03. The van der Waals surface area contributed by atoms with Gasteiger partial charge in [-0.05, 0) is 31.4 Å². The second-order valence-electron chi connectivity index (χ2n) is 13.8. The van der Waals surface area contributed by atoms with E-state index in [-0.39, 0.29) is 23.7 Å². The number of rotatable bonds is 35. The van der Waals surface area contributed by atoms with E-state index in [4.69, 9.17) is 4.74 Å². The Bertz CT molecular complexity index is 914. The highest BCUT2D eigenvalue weighted by Gasteiger charge is 2.25. The lowest BCUT2D eigenvalue weighted by Crippen LogP contribution is -2.49. The van der Waals surface area contributed by atoms with Gasteiger partial charge in [0.15, 0.2) is 0 Å². The smallest absolute Gasteiger partial charge is 0.306 e. The molecule has 1 aromatic rings. The molecule has 0 fully saturated rings. The molecule has 284 valence electrons. The van der Waals surface area contributed by atoms with E-state index in [0.29, 0.717) is 44.0 Å². The van der Waals surface area contributed by atoms with E-state index in [0.717, 1.165) is 51.4 Å². The molecule has 0 aliphatic carbocycles. The third-order valence-electron chi connectivity index (χ3n) is 9.31. The lowest BCUT2D eigenvalue weighted by Gasteiger charge is -2.23. The average molecular weight is 707 g/mol. The maximum atomic E-state index is 13.6. The van der Waals surface area contributed by atoms with Crippen molar-refractivity contribution in [3.05, 3.63) is 18.7 Å². The molecule has 49 heavy (non-hydrogen) atoms. The van der Waals surface area contributed by atoms with Crippen LogP contribution in [0.1, 0.15) is 175 Å². The molecule has 2 N–H and O–H groups in total. The van der Waals surface area contributed by atoms with Gasteiger partial charge in [-0.25, -0.2) is 4.98 Å². The van der Waals surface area contributed by atoms with Gasteiger partial charge in [-0.2, -0.15) is 11.8 Å². The summed E-state index contributed by atoms with van der Waals surface area (Å²) in [5, 5.41) is 6.18. The zero-order valence-electron chi connectivity index (χ0n) is 31.8. The summed E-state index contributed by atoms with van der Waals surface area (Å²) in [5.74, 6) is 1.00. The number of hydrogen-bond acceptors (Lipinski definition) is 6. The lowest BCUT2D eigenvalue weighted by atomic mass is 9.93. The molecule has 2 atom stereocenters. The van der Waals surface area contributed by atoms with Gasteiger partial charge in [0.2, 0.25) is 11.8 Å². The molecular weight excluding hydrogens is 633 g/mol. The molecule has 0 radical (unpaired) electrons. The largest absolute Gasteiger partial charge is 0.466 e. The molecule has 1 rings (SSSR count). The molecule has 0 saturated heterocycles. The number of ether oxygens (including phenoxy) is 1. The van der Waals surface area contributed by atoms with E-state index < -0.39 is 6.04 Å². The molecule has 0 aromatic carbocycles. The van der Waals surface area contributed by atoms with Crippen LogP contribution in [0, 0.1) is 5.92 Å². The number of carbonyl (C=O) groups is 3. The van der Waals surface area contributed by atoms with Crippen molar-refractivity contribution in [3.8, 4) is 0 Å². The van der Waals surface area contributed by atoms with Crippen LogP contribution in [0.2, 0.25) is 0 Å². The predicted octanol–water partition coefficient (Wildman–Crippen LogP) is 9.80. The van der Waals surface area contributed by atoms with Gasteiger partial charge < -0.3 is 19.9 Å². The Morgan fingerprint density at radius 1 is 0.694 bits per heavy atom. The van der Waals surface area contributed by atoms with Crippen molar-refractivity contribution in [1.82, 2.24) is 20.2 Å². The molecule has 0 saturated carbocycles. The summed E-state index contributed by atoms with van der Waals surface area (Å²) >= 11 is 1.64. The number of nitrogens with zero attached hydrogens (tertiary/aromatic N) is 2. The number of amides is 2. The van der Waals surface area contributed by atoms with Crippen molar-refractivity contribution in [2.75, 3.05) is 24.7 Å². The molecule has 1 heterocycles. The normalized spacial score (nSPS) is 12.5. The first-order valence-corrected chi connectivity index (χ1v) is 21.4. The number of nitrogens with one attached hydrogen (secondary N) is 2. The average Bonchev–Trinajstić information content (AvgIpc) is 3.62. The molecule has 0 aliphatic rings. The first-order chi connectivity index (χ1) is 24.0. The maximum Gasteiger partial charge on any atom is 0.306 e. The van der Waals surface area contributed by atoms with Crippen LogP contribution < -0.4 is 10.6 Å². The highest BCUT2D eigenvalue weighted by molar-refractivity contribution is 7.99. The standard InChI is InChI=1S/C40H74N4O4S/c1-4-7-10-13-15-16-17-18-20-23-32-48-38(45)27-34-49-33-26-37(40(47)42-29-31-44-30-28-41-35-44)43-39(46)36(24-21-12-9-6-3)25-22-19-14-11-8-5-2/h28,30,35-37H,4-27,29,31-34H2,1-3H3,(H,42,47)(H,43,46). The second-order valence-corrected chi connectivity index (χ2v) is 15.0. The van der Waals surface area contributed by atoms with Crippen molar-refractivity contribution in [1.29, 1.82) is 0 Å². The summed E-state index contributed by atoms with van der Waals surface area (Å²) in [7, 11) is 0. The summed E-state index contributed by atoms with van der Waals surface area (Å²) in [6, 6.07) is -0.589. The van der Waals surface area contributed by atoms with Crippen LogP contribution in [0.15, 0.2) is 18.7 Å². The summed E-state index contributed by atoms with van der Waals surface area (Å²) in [5.41, 5.74) is 0. The zero-order valence-corrected chi connectivity index (χ0v) is 32.6. The SMILES string of the molecule is CCCCCCCCCCCCOC(=O)CCSCCC(NC(=O)C(CCCCCC)CCCCCCCC)C(=O)NCCn1ccnc1. The van der Waals surface area contributed by atoms with Crippen LogP contribution in [-0.2, 0) is 25.7 Å². The highest BCUT2D eigenvalue weighted by Crippen LogP contribution is 2.20. The Hall–Kier alpha value is -2.03. The first-order valence-electron chi connectivity index (χ1n) is 20.3. The molecule has 0 spiro atoms. The second kappa shape index (κ2) is 33.1. The van der Waals surface area contributed by atoms with E-state index in [9.17, 15) is 14.4 Å². The molecule has 0 aliphatic heterocycles. The molecule has 2 unspecified atom stereocenters. The maximum absolute atomic E-state index is 13.6. The number of aromatic nitrogens is 2. The van der Waals surface area contributed by atoms with Crippen LogP contribution in [0.5, 0.6) is 0 Å². The van der Waals surface area contributed by atoms with Crippen LogP contribution in [0.3, 0.4) is 0 Å². The quantitative estimate of drug-likeness (QED) is 0.0538. The first kappa shape index (κ1) is 45.0. The third-order valence-corrected chi connectivity index (χ3v) is 10.3. The van der Waals surface area contributed by atoms with Gasteiger partial charge in [0, 0.05) is 37.2 Å². The Kier molecular flexibility index (Phi) is 30.4. The zero-order chi connectivity index (χ0) is 35.6. The van der Waals surface area contributed by atoms with Crippen molar-refractivity contribution >= 4 is 29.5 Å². The summed E-state index contributed by atoms with van der Waals surface area (Å²) < 4.78 is 7.38. The highest BCUT2D eigenvalue weighted by atomic mass is 32.2. The molecule has 9 heteroatoms. The minimum Gasteiger partial charge on any atom is -0.466 e. The summed E-state index contributed by atoms with van der Waals surface area (Å²) in [4.78, 5) is 43.2. The van der Waals surface area contributed by atoms with Gasteiger partial charge in [0.05, 0.1) is 19.4 Å². The van der Waals surface area contributed by atoms with Crippen LogP contribution in [0.4, 0.5) is 0 Å². The van der Waals surface area contributed by atoms with Gasteiger partial charge >= 0.3 is 5.97 Å². The topological polar surface area (TPSA) is 102 Å². The summed E-state index contributed by atoms with van der Waals surface area (Å²) in [6.45, 7) is 8.29. The molecule has 2 amide bonds.